The maximum absolute atomic E-state index is 11.9. The monoisotopic (exact) mass is 293 g/mol. The zero-order chi connectivity index (χ0) is 15.1. The molecule has 0 aliphatic carbocycles. The van der Waals surface area contributed by atoms with Gasteiger partial charge in [0.05, 0.1) is 19.3 Å². The minimum atomic E-state index is -0.552. The molecule has 0 radical (unpaired) electrons. The van der Waals surface area contributed by atoms with Crippen LogP contribution in [0.15, 0.2) is 24.3 Å². The second-order valence-corrected chi connectivity index (χ2v) is 5.02. The normalized spacial score (nSPS) is 16.6. The number of methoxy groups -OCH3 is 1. The third kappa shape index (κ3) is 4.70. The summed E-state index contributed by atoms with van der Waals surface area (Å²) in [6.07, 6.45) is 0.508. The molecule has 1 fully saturated rings. The van der Waals surface area contributed by atoms with Crippen LogP contribution < -0.4 is 16.0 Å². The molecule has 1 heterocycles. The molecular formula is C15H23N3O3. The number of hydrogen-bond donors (Lipinski definition) is 2. The molecule has 0 aromatic heterocycles. The maximum Gasteiger partial charge on any atom is 0.241 e. The fourth-order valence-electron chi connectivity index (χ4n) is 2.19. The number of ether oxygens (including phenoxy) is 2. The van der Waals surface area contributed by atoms with E-state index in [1.807, 2.05) is 24.3 Å². The molecule has 6 nitrogen and oxygen atoms in total. The third-order valence-corrected chi connectivity index (χ3v) is 3.48. The molecule has 0 bridgehead atoms. The van der Waals surface area contributed by atoms with Crippen LogP contribution in [0.5, 0.6) is 0 Å². The molecule has 1 aromatic carbocycles. The summed E-state index contributed by atoms with van der Waals surface area (Å²) in [5, 5.41) is 2.82. The zero-order valence-electron chi connectivity index (χ0n) is 12.4. The van der Waals surface area contributed by atoms with Crippen LogP contribution in [0.3, 0.4) is 0 Å². The summed E-state index contributed by atoms with van der Waals surface area (Å²) in [5.41, 5.74) is 7.68. The molecular weight excluding hydrogens is 270 g/mol. The summed E-state index contributed by atoms with van der Waals surface area (Å²) < 4.78 is 10.3. The zero-order valence-corrected chi connectivity index (χ0v) is 12.4. The van der Waals surface area contributed by atoms with Crippen LogP contribution in [0.4, 0.5) is 11.4 Å². The lowest BCUT2D eigenvalue weighted by Crippen LogP contribution is -2.37. The lowest BCUT2D eigenvalue weighted by molar-refractivity contribution is -0.117. The SMILES string of the molecule is COCCC(N)C(=O)Nc1ccc(N2CCOCC2)cc1. The van der Waals surface area contributed by atoms with Crippen molar-refractivity contribution in [3.63, 3.8) is 0 Å². The second-order valence-electron chi connectivity index (χ2n) is 5.02. The van der Waals surface area contributed by atoms with Crippen LogP contribution in [0.1, 0.15) is 6.42 Å². The minimum Gasteiger partial charge on any atom is -0.385 e. The Morgan fingerprint density at radius 3 is 2.67 bits per heavy atom. The topological polar surface area (TPSA) is 76.8 Å². The largest absolute Gasteiger partial charge is 0.385 e. The van der Waals surface area contributed by atoms with Crippen molar-refractivity contribution in [2.24, 2.45) is 5.73 Å². The number of hydrogen-bond acceptors (Lipinski definition) is 5. The molecule has 1 unspecified atom stereocenters. The summed E-state index contributed by atoms with van der Waals surface area (Å²) in [6, 6.07) is 7.24. The fourth-order valence-corrected chi connectivity index (χ4v) is 2.19. The van der Waals surface area contributed by atoms with E-state index in [2.05, 4.69) is 10.2 Å². The summed E-state index contributed by atoms with van der Waals surface area (Å²) in [7, 11) is 1.59. The molecule has 1 aromatic rings. The van der Waals surface area contributed by atoms with Crippen molar-refractivity contribution in [1.82, 2.24) is 0 Å². The van der Waals surface area contributed by atoms with Crippen LogP contribution in [0.2, 0.25) is 0 Å². The Kier molecular flexibility index (Phi) is 5.98. The van der Waals surface area contributed by atoms with E-state index in [0.29, 0.717) is 13.0 Å². The van der Waals surface area contributed by atoms with Gasteiger partial charge in [0.25, 0.3) is 0 Å². The Morgan fingerprint density at radius 1 is 1.38 bits per heavy atom. The molecule has 116 valence electrons. The molecule has 2 rings (SSSR count). The first-order chi connectivity index (χ1) is 10.2. The van der Waals surface area contributed by atoms with E-state index in [1.165, 1.54) is 0 Å². The number of nitrogens with zero attached hydrogens (tertiary/aromatic N) is 1. The van der Waals surface area contributed by atoms with Crippen LogP contribution >= 0.6 is 0 Å². The van der Waals surface area contributed by atoms with Crippen molar-refractivity contribution in [3.8, 4) is 0 Å². The molecule has 0 spiro atoms. The molecule has 3 N–H and O–H groups in total. The van der Waals surface area contributed by atoms with Gasteiger partial charge in [0.1, 0.15) is 0 Å². The number of carbonyl (C=O) groups is 1. The van der Waals surface area contributed by atoms with Crippen molar-refractivity contribution >= 4 is 17.3 Å². The number of nitrogens with one attached hydrogen (secondary N) is 1. The van der Waals surface area contributed by atoms with Crippen molar-refractivity contribution in [1.29, 1.82) is 0 Å². The summed E-state index contributed by atoms with van der Waals surface area (Å²) >= 11 is 0. The van der Waals surface area contributed by atoms with Gasteiger partial charge in [-0.1, -0.05) is 0 Å². The fraction of sp³-hybridized carbons (Fsp3) is 0.533. The first kappa shape index (κ1) is 15.8. The number of morpholine rings is 1. The van der Waals surface area contributed by atoms with Gasteiger partial charge in [0.15, 0.2) is 0 Å². The molecule has 1 saturated heterocycles. The number of rotatable bonds is 6. The second kappa shape index (κ2) is 7.97. The van der Waals surface area contributed by atoms with Gasteiger partial charge in [-0.05, 0) is 30.7 Å². The Labute approximate surface area is 125 Å². The van der Waals surface area contributed by atoms with Crippen LogP contribution in [-0.4, -0.2) is 52.0 Å². The molecule has 1 atom stereocenters. The number of anilines is 2. The number of carbonyl (C=O) groups excluding carboxylic acids is 1. The Morgan fingerprint density at radius 2 is 2.05 bits per heavy atom. The van der Waals surface area contributed by atoms with E-state index in [4.69, 9.17) is 15.2 Å². The molecule has 1 aliphatic heterocycles. The summed E-state index contributed by atoms with van der Waals surface area (Å²) in [4.78, 5) is 14.1. The van der Waals surface area contributed by atoms with E-state index < -0.39 is 6.04 Å². The van der Waals surface area contributed by atoms with E-state index in [-0.39, 0.29) is 5.91 Å². The van der Waals surface area contributed by atoms with Crippen molar-refractivity contribution in [2.45, 2.75) is 12.5 Å². The average molecular weight is 293 g/mol. The van der Waals surface area contributed by atoms with Gasteiger partial charge in [-0.2, -0.15) is 0 Å². The Balaban J connectivity index is 1.88. The molecule has 21 heavy (non-hydrogen) atoms. The van der Waals surface area contributed by atoms with Crippen molar-refractivity contribution in [3.05, 3.63) is 24.3 Å². The van der Waals surface area contributed by atoms with Gasteiger partial charge in [0.2, 0.25) is 5.91 Å². The van der Waals surface area contributed by atoms with Gasteiger partial charge in [-0.25, -0.2) is 0 Å². The third-order valence-electron chi connectivity index (χ3n) is 3.48. The first-order valence-corrected chi connectivity index (χ1v) is 7.19. The van der Waals surface area contributed by atoms with E-state index >= 15 is 0 Å². The van der Waals surface area contributed by atoms with Gasteiger partial charge in [-0.15, -0.1) is 0 Å². The van der Waals surface area contributed by atoms with Crippen LogP contribution in [0.25, 0.3) is 0 Å². The molecule has 1 amide bonds. The van der Waals surface area contributed by atoms with Crippen molar-refractivity contribution in [2.75, 3.05) is 50.2 Å². The lowest BCUT2D eigenvalue weighted by atomic mass is 10.2. The van der Waals surface area contributed by atoms with E-state index in [1.54, 1.807) is 7.11 Å². The molecule has 1 aliphatic rings. The highest BCUT2D eigenvalue weighted by Crippen LogP contribution is 2.19. The number of amides is 1. The van der Waals surface area contributed by atoms with E-state index in [9.17, 15) is 4.79 Å². The summed E-state index contributed by atoms with van der Waals surface area (Å²) in [5.74, 6) is -0.189. The van der Waals surface area contributed by atoms with Gasteiger partial charge in [0, 0.05) is 38.2 Å². The highest BCUT2D eigenvalue weighted by molar-refractivity contribution is 5.94. The Hall–Kier alpha value is -1.63. The first-order valence-electron chi connectivity index (χ1n) is 7.19. The lowest BCUT2D eigenvalue weighted by Gasteiger charge is -2.28. The quantitative estimate of drug-likeness (QED) is 0.812. The average Bonchev–Trinajstić information content (AvgIpc) is 2.54. The maximum atomic E-state index is 11.9. The van der Waals surface area contributed by atoms with Gasteiger partial charge < -0.3 is 25.4 Å². The predicted octanol–water partition coefficient (Wildman–Crippen LogP) is 0.826. The highest BCUT2D eigenvalue weighted by atomic mass is 16.5. The smallest absolute Gasteiger partial charge is 0.241 e. The van der Waals surface area contributed by atoms with Gasteiger partial charge in [-0.3, -0.25) is 4.79 Å². The molecule has 0 saturated carbocycles. The summed E-state index contributed by atoms with van der Waals surface area (Å²) in [6.45, 7) is 3.78. The van der Waals surface area contributed by atoms with Crippen LogP contribution in [0, 0.1) is 0 Å². The van der Waals surface area contributed by atoms with Crippen LogP contribution in [-0.2, 0) is 14.3 Å². The Bertz CT molecular complexity index is 444. The predicted molar refractivity (Wildman–Crippen MR) is 82.6 cm³/mol. The highest BCUT2D eigenvalue weighted by Gasteiger charge is 2.14. The van der Waals surface area contributed by atoms with E-state index in [0.717, 1.165) is 37.7 Å². The number of benzene rings is 1. The van der Waals surface area contributed by atoms with Crippen molar-refractivity contribution < 1.29 is 14.3 Å². The standard InChI is InChI=1S/C15H23N3O3/c1-20-9-6-14(16)15(19)17-12-2-4-13(5-3-12)18-7-10-21-11-8-18/h2-5,14H,6-11,16H2,1H3,(H,17,19). The van der Waals surface area contributed by atoms with Gasteiger partial charge >= 0.3 is 0 Å². The molecule has 6 heteroatoms. The minimum absolute atomic E-state index is 0.189. The number of nitrogens with two attached hydrogens (primary N) is 1.